The molecule has 1 aromatic rings. The van der Waals surface area contributed by atoms with Crippen LogP contribution < -0.4 is 0 Å². The van der Waals surface area contributed by atoms with E-state index in [1.54, 1.807) is 12.1 Å². The lowest BCUT2D eigenvalue weighted by atomic mass is 10.1. The smallest absolute Gasteiger partial charge is 0.339 e. The Morgan fingerprint density at radius 1 is 1.54 bits per heavy atom. The van der Waals surface area contributed by atoms with Crippen LogP contribution >= 0.6 is 11.6 Å². The second kappa shape index (κ2) is 4.28. The van der Waals surface area contributed by atoms with E-state index in [4.69, 9.17) is 11.6 Å². The first-order valence-electron chi connectivity index (χ1n) is 4.05. The van der Waals surface area contributed by atoms with Crippen LogP contribution in [0.2, 0.25) is 5.02 Å². The van der Waals surface area contributed by atoms with Gasteiger partial charge in [0, 0.05) is 0 Å². The van der Waals surface area contributed by atoms with Crippen molar-refractivity contribution >= 4 is 17.6 Å². The summed E-state index contributed by atoms with van der Waals surface area (Å²) in [7, 11) is 1.34. The van der Waals surface area contributed by atoms with E-state index in [0.717, 1.165) is 12.0 Å². The number of rotatable bonds is 2. The zero-order chi connectivity index (χ0) is 9.84. The summed E-state index contributed by atoms with van der Waals surface area (Å²) in [6, 6.07) is 5.37. The molecule has 1 rings (SSSR count). The largest absolute Gasteiger partial charge is 0.465 e. The summed E-state index contributed by atoms with van der Waals surface area (Å²) in [5, 5.41) is 0.434. The quantitative estimate of drug-likeness (QED) is 0.683. The van der Waals surface area contributed by atoms with Crippen molar-refractivity contribution in [3.63, 3.8) is 0 Å². The minimum atomic E-state index is -0.389. The summed E-state index contributed by atoms with van der Waals surface area (Å²) in [4.78, 5) is 11.2. The molecule has 0 aromatic heterocycles. The van der Waals surface area contributed by atoms with Crippen molar-refractivity contribution in [3.05, 3.63) is 34.3 Å². The third kappa shape index (κ3) is 2.22. The molecule has 0 aliphatic rings. The Morgan fingerprint density at radius 2 is 2.23 bits per heavy atom. The van der Waals surface area contributed by atoms with E-state index in [2.05, 4.69) is 4.74 Å². The van der Waals surface area contributed by atoms with E-state index in [-0.39, 0.29) is 5.97 Å². The molecule has 2 nitrogen and oxygen atoms in total. The Labute approximate surface area is 82.5 Å². The lowest BCUT2D eigenvalue weighted by Gasteiger charge is -2.03. The zero-order valence-corrected chi connectivity index (χ0v) is 8.39. The Hall–Kier alpha value is -1.02. The molecule has 0 bridgehead atoms. The second-order valence-electron chi connectivity index (χ2n) is 2.66. The van der Waals surface area contributed by atoms with Gasteiger partial charge in [-0.2, -0.15) is 0 Å². The number of esters is 1. The van der Waals surface area contributed by atoms with Gasteiger partial charge in [-0.05, 0) is 24.1 Å². The maximum Gasteiger partial charge on any atom is 0.339 e. The number of hydrogen-bond acceptors (Lipinski definition) is 2. The zero-order valence-electron chi connectivity index (χ0n) is 7.63. The van der Waals surface area contributed by atoms with Gasteiger partial charge >= 0.3 is 5.97 Å². The van der Waals surface area contributed by atoms with Gasteiger partial charge in [0.05, 0.1) is 17.7 Å². The van der Waals surface area contributed by atoms with Gasteiger partial charge in [-0.25, -0.2) is 4.79 Å². The number of carbonyl (C=O) groups excluding carboxylic acids is 1. The number of hydrogen-bond donors (Lipinski definition) is 0. The highest BCUT2D eigenvalue weighted by Gasteiger charge is 2.10. The molecule has 0 saturated heterocycles. The van der Waals surface area contributed by atoms with Crippen LogP contribution in [0.1, 0.15) is 22.8 Å². The van der Waals surface area contributed by atoms with Crippen LogP contribution in [0, 0.1) is 0 Å². The van der Waals surface area contributed by atoms with Gasteiger partial charge in [0.1, 0.15) is 0 Å². The molecule has 1 aromatic carbocycles. The van der Waals surface area contributed by atoms with Crippen LogP contribution in [-0.2, 0) is 11.2 Å². The van der Waals surface area contributed by atoms with Crippen molar-refractivity contribution in [3.8, 4) is 0 Å². The van der Waals surface area contributed by atoms with E-state index >= 15 is 0 Å². The fraction of sp³-hybridized carbons (Fsp3) is 0.300. The molecule has 70 valence electrons. The lowest BCUT2D eigenvalue weighted by Crippen LogP contribution is -2.02. The minimum absolute atomic E-state index is 0.389. The topological polar surface area (TPSA) is 26.3 Å². The third-order valence-corrected chi connectivity index (χ3v) is 2.17. The Morgan fingerprint density at radius 3 is 2.77 bits per heavy atom. The van der Waals surface area contributed by atoms with Gasteiger partial charge in [0.25, 0.3) is 0 Å². The van der Waals surface area contributed by atoms with Crippen LogP contribution in [-0.4, -0.2) is 13.1 Å². The van der Waals surface area contributed by atoms with Crippen LogP contribution in [0.3, 0.4) is 0 Å². The summed E-state index contributed by atoms with van der Waals surface area (Å²) in [6.45, 7) is 2.02. The van der Waals surface area contributed by atoms with Crippen molar-refractivity contribution in [1.82, 2.24) is 0 Å². The lowest BCUT2D eigenvalue weighted by molar-refractivity contribution is 0.0601. The van der Waals surface area contributed by atoms with Crippen LogP contribution in [0.5, 0.6) is 0 Å². The summed E-state index contributed by atoms with van der Waals surface area (Å²) in [5.74, 6) is -0.389. The molecule has 0 unspecified atom stereocenters. The molecule has 0 atom stereocenters. The average molecular weight is 199 g/mol. The molecule has 3 heteroatoms. The minimum Gasteiger partial charge on any atom is -0.465 e. The van der Waals surface area contributed by atoms with Crippen molar-refractivity contribution in [2.45, 2.75) is 13.3 Å². The van der Waals surface area contributed by atoms with Gasteiger partial charge in [-0.1, -0.05) is 24.6 Å². The summed E-state index contributed by atoms with van der Waals surface area (Å²) in [5.41, 5.74) is 1.51. The predicted molar refractivity (Wildman–Crippen MR) is 52.2 cm³/mol. The summed E-state index contributed by atoms with van der Waals surface area (Å²) < 4.78 is 4.59. The monoisotopic (exact) mass is 198 g/mol. The molecule has 13 heavy (non-hydrogen) atoms. The summed E-state index contributed by atoms with van der Waals surface area (Å²) in [6.07, 6.45) is 0.876. The molecule has 0 aliphatic carbocycles. The predicted octanol–water partition coefficient (Wildman–Crippen LogP) is 2.69. The van der Waals surface area contributed by atoms with E-state index < -0.39 is 0 Å². The highest BCUT2D eigenvalue weighted by atomic mass is 35.5. The number of ether oxygens (including phenoxy) is 1. The van der Waals surface area contributed by atoms with Crippen molar-refractivity contribution in [2.24, 2.45) is 0 Å². The first-order chi connectivity index (χ1) is 6.19. The fourth-order valence-electron chi connectivity index (χ4n) is 1.06. The standard InChI is InChI=1S/C10H11ClO2/c1-3-7-4-5-9(11)8(6-7)10(12)13-2/h4-6H,3H2,1-2H3. The normalized spacial score (nSPS) is 9.77. The number of benzene rings is 1. The van der Waals surface area contributed by atoms with Crippen LogP contribution in [0.25, 0.3) is 0 Å². The van der Waals surface area contributed by atoms with Crippen molar-refractivity contribution in [1.29, 1.82) is 0 Å². The SMILES string of the molecule is CCc1ccc(Cl)c(C(=O)OC)c1. The van der Waals surface area contributed by atoms with Crippen molar-refractivity contribution in [2.75, 3.05) is 7.11 Å². The number of carbonyl (C=O) groups is 1. The van der Waals surface area contributed by atoms with E-state index in [1.165, 1.54) is 7.11 Å². The molecule has 0 heterocycles. The number of halogens is 1. The highest BCUT2D eigenvalue weighted by Crippen LogP contribution is 2.18. The third-order valence-electron chi connectivity index (χ3n) is 1.84. The van der Waals surface area contributed by atoms with E-state index in [0.29, 0.717) is 10.6 Å². The van der Waals surface area contributed by atoms with E-state index in [1.807, 2.05) is 13.0 Å². The molecule has 0 saturated carbocycles. The molecule has 0 radical (unpaired) electrons. The summed E-state index contributed by atoms with van der Waals surface area (Å²) >= 11 is 5.83. The maximum atomic E-state index is 11.2. The van der Waals surface area contributed by atoms with Gasteiger partial charge in [-0.15, -0.1) is 0 Å². The fourth-order valence-corrected chi connectivity index (χ4v) is 1.25. The second-order valence-corrected chi connectivity index (χ2v) is 3.07. The molecule has 0 N–H and O–H groups in total. The van der Waals surface area contributed by atoms with Gasteiger partial charge in [0.15, 0.2) is 0 Å². The maximum absolute atomic E-state index is 11.2. The number of aryl methyl sites for hydroxylation is 1. The first-order valence-corrected chi connectivity index (χ1v) is 4.43. The van der Waals surface area contributed by atoms with E-state index in [9.17, 15) is 4.79 Å². The first kappa shape index (κ1) is 10.1. The highest BCUT2D eigenvalue weighted by molar-refractivity contribution is 6.33. The molecular formula is C10H11ClO2. The van der Waals surface area contributed by atoms with Crippen molar-refractivity contribution < 1.29 is 9.53 Å². The Bertz CT molecular complexity index is 321. The molecule has 0 amide bonds. The molecule has 0 aliphatic heterocycles. The van der Waals surface area contributed by atoms with Gasteiger partial charge in [0.2, 0.25) is 0 Å². The average Bonchev–Trinajstić information content (AvgIpc) is 2.17. The number of methoxy groups -OCH3 is 1. The van der Waals surface area contributed by atoms with Gasteiger partial charge < -0.3 is 4.74 Å². The molecular weight excluding hydrogens is 188 g/mol. The Balaban J connectivity index is 3.11. The molecule has 0 fully saturated rings. The van der Waals surface area contributed by atoms with Crippen LogP contribution in [0.4, 0.5) is 0 Å². The molecule has 0 spiro atoms. The Kier molecular flexibility index (Phi) is 3.32. The van der Waals surface area contributed by atoms with Crippen LogP contribution in [0.15, 0.2) is 18.2 Å². The van der Waals surface area contributed by atoms with Gasteiger partial charge in [-0.3, -0.25) is 0 Å².